The quantitative estimate of drug-likeness (QED) is 0.643. The van der Waals surface area contributed by atoms with Crippen LogP contribution in [0.1, 0.15) is 29.5 Å². The van der Waals surface area contributed by atoms with Crippen molar-refractivity contribution >= 4 is 10.8 Å². The minimum Gasteiger partial charge on any atom is -0.192 e. The van der Waals surface area contributed by atoms with Gasteiger partial charge in [0.1, 0.15) is 0 Å². The summed E-state index contributed by atoms with van der Waals surface area (Å²) < 4.78 is 0. The molecular weight excluding hydrogens is 242 g/mol. The van der Waals surface area contributed by atoms with Gasteiger partial charge in [0.2, 0.25) is 0 Å². The van der Waals surface area contributed by atoms with Crippen molar-refractivity contribution in [3.63, 3.8) is 0 Å². The van der Waals surface area contributed by atoms with Gasteiger partial charge in [-0.1, -0.05) is 61.5 Å². The third kappa shape index (κ3) is 2.29. The van der Waals surface area contributed by atoms with E-state index < -0.39 is 0 Å². The van der Waals surface area contributed by atoms with Crippen molar-refractivity contribution in [1.29, 1.82) is 5.26 Å². The minimum absolute atomic E-state index is 0.326. The van der Waals surface area contributed by atoms with Gasteiger partial charge in [-0.3, -0.25) is 0 Å². The van der Waals surface area contributed by atoms with Crippen LogP contribution in [0.2, 0.25) is 0 Å². The molecule has 96 valence electrons. The van der Waals surface area contributed by atoms with Crippen LogP contribution in [-0.2, 0) is 0 Å². The van der Waals surface area contributed by atoms with E-state index in [1.807, 2.05) is 24.3 Å². The average molecular weight is 257 g/mol. The van der Waals surface area contributed by atoms with Gasteiger partial charge in [0.15, 0.2) is 0 Å². The maximum atomic E-state index is 8.85. The molecule has 0 aromatic heterocycles. The molecule has 1 atom stereocenters. The van der Waals surface area contributed by atoms with Crippen LogP contribution in [0.3, 0.4) is 0 Å². The van der Waals surface area contributed by atoms with E-state index in [9.17, 15) is 0 Å². The second-order valence-electron chi connectivity index (χ2n) is 5.06. The van der Waals surface area contributed by atoms with E-state index in [1.54, 1.807) is 0 Å². The number of nitrogens with zero attached hydrogens (tertiary/aromatic N) is 1. The molecule has 0 unspecified atom stereocenters. The normalized spacial score (nSPS) is 12.0. The van der Waals surface area contributed by atoms with Crippen molar-refractivity contribution in [2.75, 3.05) is 0 Å². The van der Waals surface area contributed by atoms with Gasteiger partial charge in [-0.15, -0.1) is 0 Å². The SMILES string of the molecule is C[C@H](c1ccc(C#N)cc1)c1ccc2ccccc2c1. The van der Waals surface area contributed by atoms with E-state index in [4.69, 9.17) is 5.26 Å². The van der Waals surface area contributed by atoms with E-state index in [0.717, 1.165) is 0 Å². The molecule has 0 heterocycles. The van der Waals surface area contributed by atoms with Gasteiger partial charge in [0.05, 0.1) is 11.6 Å². The maximum absolute atomic E-state index is 8.85. The molecule has 3 aromatic rings. The first kappa shape index (κ1) is 12.4. The standard InChI is InChI=1S/C19H15N/c1-14(16-8-6-15(13-20)7-9-16)18-11-10-17-4-2-3-5-19(17)12-18/h2-12,14H,1H3/t14-/m1/s1. The Kier molecular flexibility index (Phi) is 3.23. The van der Waals surface area contributed by atoms with Gasteiger partial charge in [0.25, 0.3) is 0 Å². The van der Waals surface area contributed by atoms with E-state index in [0.29, 0.717) is 11.5 Å². The largest absolute Gasteiger partial charge is 0.192 e. The summed E-state index contributed by atoms with van der Waals surface area (Å²) in [5.41, 5.74) is 3.24. The first-order valence-electron chi connectivity index (χ1n) is 6.77. The fraction of sp³-hybridized carbons (Fsp3) is 0.105. The van der Waals surface area contributed by atoms with Crippen molar-refractivity contribution in [3.8, 4) is 6.07 Å². The van der Waals surface area contributed by atoms with Gasteiger partial charge in [-0.25, -0.2) is 0 Å². The summed E-state index contributed by atoms with van der Waals surface area (Å²) in [6, 6.07) is 25.0. The number of fused-ring (bicyclic) bond motifs is 1. The molecule has 1 nitrogen and oxygen atoms in total. The Morgan fingerprint density at radius 2 is 1.45 bits per heavy atom. The number of hydrogen-bond acceptors (Lipinski definition) is 1. The Labute approximate surface area is 119 Å². The van der Waals surface area contributed by atoms with Crippen molar-refractivity contribution in [2.45, 2.75) is 12.8 Å². The van der Waals surface area contributed by atoms with Crippen molar-refractivity contribution < 1.29 is 0 Å². The Morgan fingerprint density at radius 3 is 2.15 bits per heavy atom. The molecule has 0 bridgehead atoms. The summed E-state index contributed by atoms with van der Waals surface area (Å²) >= 11 is 0. The lowest BCUT2D eigenvalue weighted by Gasteiger charge is -2.13. The van der Waals surface area contributed by atoms with Gasteiger partial charge in [-0.05, 0) is 34.0 Å². The molecule has 0 aliphatic rings. The predicted molar refractivity (Wildman–Crippen MR) is 82.6 cm³/mol. The molecule has 0 saturated carbocycles. The summed E-state index contributed by atoms with van der Waals surface area (Å²) in [5.74, 6) is 0.326. The molecule has 0 N–H and O–H groups in total. The van der Waals surface area contributed by atoms with Crippen LogP contribution in [0.4, 0.5) is 0 Å². The van der Waals surface area contributed by atoms with Gasteiger partial charge < -0.3 is 0 Å². The summed E-state index contributed by atoms with van der Waals surface area (Å²) in [7, 11) is 0. The van der Waals surface area contributed by atoms with Gasteiger partial charge in [0, 0.05) is 5.92 Å². The highest BCUT2D eigenvalue weighted by atomic mass is 14.2. The third-order valence-electron chi connectivity index (χ3n) is 3.81. The third-order valence-corrected chi connectivity index (χ3v) is 3.81. The maximum Gasteiger partial charge on any atom is 0.0991 e. The van der Waals surface area contributed by atoms with E-state index in [-0.39, 0.29) is 0 Å². The van der Waals surface area contributed by atoms with Crippen LogP contribution in [0.25, 0.3) is 10.8 Å². The van der Waals surface area contributed by atoms with Crippen molar-refractivity contribution in [2.24, 2.45) is 0 Å². The summed E-state index contributed by atoms with van der Waals surface area (Å²) in [4.78, 5) is 0. The monoisotopic (exact) mass is 257 g/mol. The molecule has 0 aliphatic carbocycles. The lowest BCUT2D eigenvalue weighted by molar-refractivity contribution is 0.924. The molecule has 0 fully saturated rings. The van der Waals surface area contributed by atoms with Gasteiger partial charge >= 0.3 is 0 Å². The van der Waals surface area contributed by atoms with Crippen LogP contribution in [0, 0.1) is 11.3 Å². The Balaban J connectivity index is 1.98. The highest BCUT2D eigenvalue weighted by Gasteiger charge is 2.08. The van der Waals surface area contributed by atoms with Gasteiger partial charge in [-0.2, -0.15) is 5.26 Å². The summed E-state index contributed by atoms with van der Waals surface area (Å²) in [6.07, 6.45) is 0. The summed E-state index contributed by atoms with van der Waals surface area (Å²) in [5, 5.41) is 11.4. The Morgan fingerprint density at radius 1 is 0.800 bits per heavy atom. The molecule has 20 heavy (non-hydrogen) atoms. The zero-order chi connectivity index (χ0) is 13.9. The molecule has 1 heteroatoms. The number of hydrogen-bond donors (Lipinski definition) is 0. The van der Waals surface area contributed by atoms with Crippen LogP contribution in [0.5, 0.6) is 0 Å². The lowest BCUT2D eigenvalue weighted by atomic mass is 9.91. The first-order valence-corrected chi connectivity index (χ1v) is 6.77. The fourth-order valence-electron chi connectivity index (χ4n) is 2.52. The molecule has 0 amide bonds. The number of rotatable bonds is 2. The molecule has 0 spiro atoms. The highest BCUT2D eigenvalue weighted by molar-refractivity contribution is 5.83. The van der Waals surface area contributed by atoms with E-state index in [1.165, 1.54) is 21.9 Å². The Hall–Kier alpha value is -2.59. The lowest BCUT2D eigenvalue weighted by Crippen LogP contribution is -1.96. The zero-order valence-corrected chi connectivity index (χ0v) is 11.4. The van der Waals surface area contributed by atoms with E-state index >= 15 is 0 Å². The number of nitriles is 1. The first-order chi connectivity index (χ1) is 9.78. The number of benzene rings is 3. The second-order valence-corrected chi connectivity index (χ2v) is 5.06. The van der Waals surface area contributed by atoms with E-state index in [2.05, 4.69) is 55.5 Å². The van der Waals surface area contributed by atoms with Crippen LogP contribution >= 0.6 is 0 Å². The average Bonchev–Trinajstić information content (AvgIpc) is 2.54. The summed E-state index contributed by atoms with van der Waals surface area (Å²) in [6.45, 7) is 2.20. The molecule has 0 radical (unpaired) electrons. The highest BCUT2D eigenvalue weighted by Crippen LogP contribution is 2.27. The molecular formula is C19H15N. The fourth-order valence-corrected chi connectivity index (χ4v) is 2.52. The second kappa shape index (κ2) is 5.19. The van der Waals surface area contributed by atoms with Crippen LogP contribution in [-0.4, -0.2) is 0 Å². The molecule has 3 aromatic carbocycles. The predicted octanol–water partition coefficient (Wildman–Crippen LogP) is 4.86. The Bertz CT molecular complexity index is 779. The molecule has 0 aliphatic heterocycles. The smallest absolute Gasteiger partial charge is 0.0991 e. The van der Waals surface area contributed by atoms with Crippen molar-refractivity contribution in [3.05, 3.63) is 83.4 Å². The van der Waals surface area contributed by atoms with Crippen LogP contribution in [0.15, 0.2) is 66.7 Å². The molecule has 0 saturated heterocycles. The zero-order valence-electron chi connectivity index (χ0n) is 11.4. The topological polar surface area (TPSA) is 23.8 Å². The molecule has 3 rings (SSSR count). The van der Waals surface area contributed by atoms with Crippen LogP contribution < -0.4 is 0 Å². The van der Waals surface area contributed by atoms with Crippen molar-refractivity contribution in [1.82, 2.24) is 0 Å². The minimum atomic E-state index is 0.326.